The summed E-state index contributed by atoms with van der Waals surface area (Å²) in [6.07, 6.45) is 15.1. The van der Waals surface area contributed by atoms with Gasteiger partial charge in [-0.1, -0.05) is 58.4 Å². The predicted molar refractivity (Wildman–Crippen MR) is 142 cm³/mol. The van der Waals surface area contributed by atoms with Crippen LogP contribution in [0.1, 0.15) is 120 Å². The maximum atomic E-state index is 11.8. The number of ether oxygens (including phenoxy) is 1. The van der Waals surface area contributed by atoms with Gasteiger partial charge < -0.3 is 4.74 Å². The molecule has 0 aliphatic heterocycles. The third-order valence-electron chi connectivity index (χ3n) is 12.2. The first kappa shape index (κ1) is 26.0. The molecule has 0 aromatic carbocycles. The molecule has 4 saturated carbocycles. The molecular formula is C32H52O2. The smallest absolute Gasteiger partial charge is 0.302 e. The molecule has 0 aromatic rings. The maximum absolute atomic E-state index is 11.8. The lowest BCUT2D eigenvalue weighted by Gasteiger charge is -2.70. The Hall–Kier alpha value is -1.05. The first-order valence-electron chi connectivity index (χ1n) is 14.3. The van der Waals surface area contributed by atoms with Crippen molar-refractivity contribution in [3.8, 4) is 0 Å². The Morgan fingerprint density at radius 3 is 2.21 bits per heavy atom. The third-order valence-corrected chi connectivity index (χ3v) is 12.2. The summed E-state index contributed by atoms with van der Waals surface area (Å²) >= 11 is 0. The molecule has 0 radical (unpaired) electrons. The molecule has 0 bridgehead atoms. The van der Waals surface area contributed by atoms with Crippen molar-refractivity contribution in [3.05, 3.63) is 23.8 Å². The highest BCUT2D eigenvalue weighted by Gasteiger charge is 2.68. The molecule has 0 saturated heterocycles. The van der Waals surface area contributed by atoms with Crippen LogP contribution in [0.15, 0.2) is 23.8 Å². The minimum absolute atomic E-state index is 0.0508. The van der Waals surface area contributed by atoms with E-state index in [0.29, 0.717) is 22.2 Å². The van der Waals surface area contributed by atoms with Crippen LogP contribution in [0.5, 0.6) is 0 Å². The van der Waals surface area contributed by atoms with Crippen LogP contribution in [-0.4, -0.2) is 12.1 Å². The van der Waals surface area contributed by atoms with E-state index in [1.807, 2.05) is 0 Å². The van der Waals surface area contributed by atoms with Gasteiger partial charge in [0.15, 0.2) is 0 Å². The molecule has 8 atom stereocenters. The van der Waals surface area contributed by atoms with E-state index in [4.69, 9.17) is 4.74 Å². The second kappa shape index (κ2) is 8.81. The van der Waals surface area contributed by atoms with Crippen LogP contribution < -0.4 is 0 Å². The topological polar surface area (TPSA) is 26.3 Å². The van der Waals surface area contributed by atoms with Crippen LogP contribution >= 0.6 is 0 Å². The Kier molecular flexibility index (Phi) is 6.74. The van der Waals surface area contributed by atoms with Crippen LogP contribution in [0.3, 0.4) is 0 Å². The van der Waals surface area contributed by atoms with Crippen molar-refractivity contribution < 1.29 is 9.53 Å². The summed E-state index contributed by atoms with van der Waals surface area (Å²) in [5.74, 6) is 2.81. The summed E-state index contributed by atoms with van der Waals surface area (Å²) in [5.41, 5.74) is 4.17. The van der Waals surface area contributed by atoms with Crippen molar-refractivity contribution in [1.29, 1.82) is 0 Å². The lowest BCUT2D eigenvalue weighted by atomic mass is 9.35. The van der Waals surface area contributed by atoms with E-state index in [1.165, 1.54) is 56.1 Å². The number of hydrogen-bond donors (Lipinski definition) is 0. The zero-order chi connectivity index (χ0) is 25.1. The Balaban J connectivity index is 1.57. The van der Waals surface area contributed by atoms with E-state index in [2.05, 4.69) is 61.1 Å². The molecule has 0 N–H and O–H groups in total. The second-order valence-electron chi connectivity index (χ2n) is 14.3. The van der Waals surface area contributed by atoms with Gasteiger partial charge in [-0.15, -0.1) is 0 Å². The van der Waals surface area contributed by atoms with E-state index in [1.54, 1.807) is 6.92 Å². The molecule has 2 nitrogen and oxygen atoms in total. The van der Waals surface area contributed by atoms with E-state index in [0.717, 1.165) is 37.0 Å². The monoisotopic (exact) mass is 468 g/mol. The first-order valence-corrected chi connectivity index (χ1v) is 14.3. The number of fused-ring (bicyclic) bond motifs is 5. The maximum Gasteiger partial charge on any atom is 0.302 e. The van der Waals surface area contributed by atoms with Crippen molar-refractivity contribution in [2.75, 3.05) is 0 Å². The standard InChI is InChI=1S/C32H52O2/c1-21(2)11-10-12-22(3)24-15-19-31(8)25(24)13-14-27-30(7)18-17-28(34-23(4)33)29(5,6)26(30)16-20-32(27,31)9/h11,24-28H,3,10,12-20H2,1-2,4-9H3/t24-,25-,26-,27+,28+,30+,31-,32-/m1/s1. The Morgan fingerprint density at radius 1 is 0.882 bits per heavy atom. The second-order valence-corrected chi connectivity index (χ2v) is 14.3. The van der Waals surface area contributed by atoms with Gasteiger partial charge in [0.25, 0.3) is 0 Å². The van der Waals surface area contributed by atoms with E-state index < -0.39 is 0 Å². The number of carbonyl (C=O) groups excluding carboxylic acids is 1. The van der Waals surface area contributed by atoms with Gasteiger partial charge in [-0.2, -0.15) is 0 Å². The zero-order valence-corrected chi connectivity index (χ0v) is 23.6. The van der Waals surface area contributed by atoms with Crippen LogP contribution in [0.25, 0.3) is 0 Å². The average Bonchev–Trinajstić information content (AvgIpc) is 3.08. The average molecular weight is 469 g/mol. The number of rotatable bonds is 5. The first-order chi connectivity index (χ1) is 15.8. The molecule has 0 amide bonds. The highest BCUT2D eigenvalue weighted by Crippen LogP contribution is 2.75. The van der Waals surface area contributed by atoms with Gasteiger partial charge in [-0.05, 0) is 118 Å². The van der Waals surface area contributed by atoms with Gasteiger partial charge in [-0.3, -0.25) is 4.79 Å². The molecule has 34 heavy (non-hydrogen) atoms. The Bertz CT molecular complexity index is 847. The SMILES string of the molecule is C=C(CCC=C(C)C)[C@H]1CC[C@]2(C)[C@@H]1CC[C@H]1[C@@]3(C)CC[C@H](OC(C)=O)C(C)(C)[C@H]3CC[C@]12C. The van der Waals surface area contributed by atoms with Crippen molar-refractivity contribution in [1.82, 2.24) is 0 Å². The molecule has 0 unspecified atom stereocenters. The van der Waals surface area contributed by atoms with Crippen LogP contribution in [0, 0.1) is 45.3 Å². The van der Waals surface area contributed by atoms with Crippen LogP contribution in [-0.2, 0) is 9.53 Å². The third kappa shape index (κ3) is 3.85. The largest absolute Gasteiger partial charge is 0.462 e. The van der Waals surface area contributed by atoms with Crippen molar-refractivity contribution in [3.63, 3.8) is 0 Å². The molecule has 4 fully saturated rings. The van der Waals surface area contributed by atoms with E-state index >= 15 is 0 Å². The number of esters is 1. The summed E-state index contributed by atoms with van der Waals surface area (Å²) < 4.78 is 5.89. The summed E-state index contributed by atoms with van der Waals surface area (Å²) in [6, 6.07) is 0. The van der Waals surface area contributed by atoms with Gasteiger partial charge in [0.2, 0.25) is 0 Å². The number of allylic oxidation sites excluding steroid dienone is 3. The summed E-state index contributed by atoms with van der Waals surface area (Å²) in [5, 5.41) is 0. The summed E-state index contributed by atoms with van der Waals surface area (Å²) in [7, 11) is 0. The van der Waals surface area contributed by atoms with Crippen molar-refractivity contribution in [2.45, 2.75) is 126 Å². The molecule has 192 valence electrons. The molecule has 4 aliphatic rings. The van der Waals surface area contributed by atoms with Gasteiger partial charge in [-0.25, -0.2) is 0 Å². The Labute approximate surface area is 210 Å². The van der Waals surface area contributed by atoms with Gasteiger partial charge >= 0.3 is 5.97 Å². The van der Waals surface area contributed by atoms with Gasteiger partial charge in [0.05, 0.1) is 0 Å². The fourth-order valence-corrected chi connectivity index (χ4v) is 10.4. The lowest BCUT2D eigenvalue weighted by molar-refractivity contribution is -0.226. The Morgan fingerprint density at radius 2 is 1.56 bits per heavy atom. The highest BCUT2D eigenvalue weighted by atomic mass is 16.5. The van der Waals surface area contributed by atoms with Crippen molar-refractivity contribution >= 4 is 5.97 Å². The fraction of sp³-hybridized carbons (Fsp3) is 0.844. The van der Waals surface area contributed by atoms with Crippen LogP contribution in [0.4, 0.5) is 0 Å². The van der Waals surface area contributed by atoms with Crippen molar-refractivity contribution in [2.24, 2.45) is 45.3 Å². The normalized spacial score (nSPS) is 44.9. The number of hydrogen-bond acceptors (Lipinski definition) is 2. The molecule has 0 heterocycles. The van der Waals surface area contributed by atoms with Gasteiger partial charge in [0, 0.05) is 12.3 Å². The fourth-order valence-electron chi connectivity index (χ4n) is 10.4. The molecule has 2 heteroatoms. The molecule has 0 spiro atoms. The number of carbonyl (C=O) groups is 1. The molecule has 4 rings (SSSR count). The van der Waals surface area contributed by atoms with Crippen LogP contribution in [0.2, 0.25) is 0 Å². The lowest BCUT2D eigenvalue weighted by Crippen LogP contribution is -2.64. The molecule has 4 aliphatic carbocycles. The zero-order valence-electron chi connectivity index (χ0n) is 23.6. The minimum Gasteiger partial charge on any atom is -0.462 e. The summed E-state index contributed by atoms with van der Waals surface area (Å²) in [4.78, 5) is 11.8. The van der Waals surface area contributed by atoms with Gasteiger partial charge in [0.1, 0.15) is 6.10 Å². The van der Waals surface area contributed by atoms with E-state index in [9.17, 15) is 4.79 Å². The summed E-state index contributed by atoms with van der Waals surface area (Å²) in [6.45, 7) is 23.4. The molecular weight excluding hydrogens is 416 g/mol. The highest BCUT2D eigenvalue weighted by molar-refractivity contribution is 5.66. The predicted octanol–water partition coefficient (Wildman–Crippen LogP) is 8.91. The van der Waals surface area contributed by atoms with E-state index in [-0.39, 0.29) is 17.5 Å². The molecule has 0 aromatic heterocycles. The minimum atomic E-state index is -0.114. The quantitative estimate of drug-likeness (QED) is 0.297.